The first-order valence-corrected chi connectivity index (χ1v) is 16.8. The van der Waals surface area contributed by atoms with Crippen molar-refractivity contribution >= 4 is 33.7 Å². The fraction of sp³-hybridized carbons (Fsp3) is 0.350. The van der Waals surface area contributed by atoms with E-state index in [2.05, 4.69) is 13.8 Å². The first-order chi connectivity index (χ1) is 22.6. The molecule has 2 heterocycles. The summed E-state index contributed by atoms with van der Waals surface area (Å²) in [7, 11) is 0. The fourth-order valence-electron chi connectivity index (χ4n) is 5.69. The maximum atomic E-state index is 13.6. The highest BCUT2D eigenvalue weighted by molar-refractivity contribution is 6.12. The molecular weight excluding hydrogens is 572 g/mol. The van der Waals surface area contributed by atoms with Crippen molar-refractivity contribution in [3.05, 3.63) is 96.1 Å². The average molecular weight is 617 g/mol. The lowest BCUT2D eigenvalue weighted by Gasteiger charge is -2.14. The largest absolute Gasteiger partial charge is 0.462 e. The Morgan fingerprint density at radius 1 is 0.522 bits per heavy atom. The smallest absolute Gasteiger partial charge is 0.338 e. The number of fused-ring (bicyclic) bond motifs is 2. The van der Waals surface area contributed by atoms with Gasteiger partial charge in [-0.15, -0.1) is 0 Å². The Labute approximate surface area is 272 Å². The third-order valence-corrected chi connectivity index (χ3v) is 8.28. The summed E-state index contributed by atoms with van der Waals surface area (Å²) in [5.41, 5.74) is 5.19. The van der Waals surface area contributed by atoms with E-state index in [1.165, 1.54) is 12.8 Å². The molecule has 3 aromatic carbocycles. The number of rotatable bonds is 16. The molecule has 0 saturated carbocycles. The number of hydrogen-bond donors (Lipinski definition) is 0. The number of nitrogens with zero attached hydrogens (tertiary/aromatic N) is 2. The van der Waals surface area contributed by atoms with E-state index in [4.69, 9.17) is 19.4 Å². The average Bonchev–Trinajstić information content (AvgIpc) is 3.10. The fourth-order valence-corrected chi connectivity index (χ4v) is 5.69. The van der Waals surface area contributed by atoms with E-state index in [1.807, 2.05) is 72.8 Å². The van der Waals surface area contributed by atoms with Crippen molar-refractivity contribution in [2.24, 2.45) is 0 Å². The molecule has 0 amide bonds. The molecule has 0 N–H and O–H groups in total. The molecule has 0 spiro atoms. The van der Waals surface area contributed by atoms with Crippen LogP contribution >= 0.6 is 0 Å². The molecule has 5 rings (SSSR count). The van der Waals surface area contributed by atoms with E-state index < -0.39 is 11.9 Å². The van der Waals surface area contributed by atoms with Crippen molar-refractivity contribution in [1.29, 1.82) is 0 Å². The highest BCUT2D eigenvalue weighted by atomic mass is 16.5. The summed E-state index contributed by atoms with van der Waals surface area (Å²) in [6.07, 6.45) is 10.6. The van der Waals surface area contributed by atoms with Crippen LogP contribution in [0.15, 0.2) is 84.9 Å². The lowest BCUT2D eigenvalue weighted by molar-refractivity contribution is 0.0491. The summed E-state index contributed by atoms with van der Waals surface area (Å²) in [6.45, 7) is 5.08. The standard InChI is InChI=1S/C40H44N2O4/c1-3-5-7-9-17-23-45-39(43)33-26-35(29-19-13-11-14-20-29)41-37-28-38-32(25-31(33)37)34(40(44)46-24-18-10-8-6-4-2)27-36(42-38)30-21-15-12-16-22-30/h11-16,19-22,25-28H,3-10,17-18,23-24H2,1-2H3. The second kappa shape index (κ2) is 16.6. The van der Waals surface area contributed by atoms with Gasteiger partial charge in [0.25, 0.3) is 0 Å². The summed E-state index contributed by atoms with van der Waals surface area (Å²) in [5.74, 6) is -0.797. The number of carbonyl (C=O) groups excluding carboxylic acids is 2. The summed E-state index contributed by atoms with van der Waals surface area (Å²) >= 11 is 0. The zero-order valence-corrected chi connectivity index (χ0v) is 27.1. The van der Waals surface area contributed by atoms with Crippen LogP contribution in [0.1, 0.15) is 98.8 Å². The summed E-state index contributed by atoms with van der Waals surface area (Å²) in [5, 5.41) is 1.23. The first kappa shape index (κ1) is 32.8. The number of unbranched alkanes of at least 4 members (excludes halogenated alkanes) is 8. The highest BCUT2D eigenvalue weighted by Gasteiger charge is 2.21. The van der Waals surface area contributed by atoms with Gasteiger partial charge >= 0.3 is 11.9 Å². The summed E-state index contributed by atoms with van der Waals surface area (Å²) in [4.78, 5) is 37.2. The lowest BCUT2D eigenvalue weighted by Crippen LogP contribution is -2.10. The number of aromatic nitrogens is 2. The number of hydrogen-bond acceptors (Lipinski definition) is 6. The molecule has 0 atom stereocenters. The molecule has 0 unspecified atom stereocenters. The van der Waals surface area contributed by atoms with Crippen molar-refractivity contribution < 1.29 is 19.1 Å². The van der Waals surface area contributed by atoms with E-state index in [-0.39, 0.29) is 0 Å². The molecule has 6 nitrogen and oxygen atoms in total. The maximum Gasteiger partial charge on any atom is 0.338 e. The first-order valence-electron chi connectivity index (χ1n) is 16.8. The maximum absolute atomic E-state index is 13.6. The van der Waals surface area contributed by atoms with Crippen LogP contribution in [0.4, 0.5) is 0 Å². The molecule has 0 aliphatic carbocycles. The van der Waals surface area contributed by atoms with Crippen molar-refractivity contribution in [3.63, 3.8) is 0 Å². The van der Waals surface area contributed by atoms with Gasteiger partial charge in [-0.3, -0.25) is 0 Å². The molecule has 0 aliphatic rings. The van der Waals surface area contributed by atoms with Gasteiger partial charge < -0.3 is 9.47 Å². The highest BCUT2D eigenvalue weighted by Crippen LogP contribution is 2.32. The van der Waals surface area contributed by atoms with E-state index in [0.29, 0.717) is 57.5 Å². The minimum absolute atomic E-state index is 0.360. The molecule has 46 heavy (non-hydrogen) atoms. The van der Waals surface area contributed by atoms with Crippen molar-refractivity contribution in [2.75, 3.05) is 13.2 Å². The Morgan fingerprint density at radius 2 is 0.935 bits per heavy atom. The van der Waals surface area contributed by atoms with Crippen LogP contribution in [-0.2, 0) is 9.47 Å². The van der Waals surface area contributed by atoms with Gasteiger partial charge in [0.2, 0.25) is 0 Å². The van der Waals surface area contributed by atoms with E-state index >= 15 is 0 Å². The number of esters is 2. The van der Waals surface area contributed by atoms with E-state index in [1.54, 1.807) is 12.1 Å². The molecule has 5 aromatic rings. The number of benzene rings is 3. The lowest BCUT2D eigenvalue weighted by atomic mass is 9.99. The van der Waals surface area contributed by atoms with Gasteiger partial charge in [0, 0.05) is 21.9 Å². The predicted molar refractivity (Wildman–Crippen MR) is 186 cm³/mol. The van der Waals surface area contributed by atoms with E-state index in [9.17, 15) is 9.59 Å². The molecule has 0 bridgehead atoms. The Balaban J connectivity index is 1.57. The molecule has 0 aliphatic heterocycles. The Morgan fingerprint density at radius 3 is 1.35 bits per heavy atom. The van der Waals surface area contributed by atoms with Crippen LogP contribution in [0.2, 0.25) is 0 Å². The molecule has 2 aromatic heterocycles. The SMILES string of the molecule is CCCCCCCOC(=O)c1cc(-c2ccccc2)nc2cc3nc(-c4ccccc4)cc(C(=O)OCCCCCCC)c3cc12. The Hall–Kier alpha value is -4.58. The van der Waals surface area contributed by atoms with Crippen LogP contribution in [0, 0.1) is 0 Å². The summed E-state index contributed by atoms with van der Waals surface area (Å²) in [6, 6.07) is 26.9. The van der Waals surface area contributed by atoms with Crippen LogP contribution < -0.4 is 0 Å². The quantitative estimate of drug-likeness (QED) is 0.0623. The van der Waals surface area contributed by atoms with Gasteiger partial charge in [-0.25, -0.2) is 19.6 Å². The zero-order valence-electron chi connectivity index (χ0n) is 27.1. The zero-order chi connectivity index (χ0) is 32.1. The number of ether oxygens (including phenoxy) is 2. The van der Waals surface area contributed by atoms with Gasteiger partial charge in [-0.05, 0) is 37.1 Å². The molecule has 238 valence electrons. The molecule has 0 radical (unpaired) electrons. The molecule has 0 saturated heterocycles. The van der Waals surface area contributed by atoms with Crippen LogP contribution in [0.3, 0.4) is 0 Å². The second-order valence-corrected chi connectivity index (χ2v) is 11.8. The van der Waals surface area contributed by atoms with Crippen LogP contribution in [0.5, 0.6) is 0 Å². The number of pyridine rings is 2. The number of carbonyl (C=O) groups is 2. The normalized spacial score (nSPS) is 11.2. The third kappa shape index (κ3) is 8.36. The molecule has 0 fully saturated rings. The minimum Gasteiger partial charge on any atom is -0.462 e. The van der Waals surface area contributed by atoms with Crippen LogP contribution in [0.25, 0.3) is 44.3 Å². The minimum atomic E-state index is -0.399. The van der Waals surface area contributed by atoms with Crippen molar-refractivity contribution in [2.45, 2.75) is 78.1 Å². The predicted octanol–water partition coefficient (Wildman–Crippen LogP) is 10.4. The summed E-state index contributed by atoms with van der Waals surface area (Å²) < 4.78 is 11.6. The van der Waals surface area contributed by atoms with E-state index in [0.717, 1.165) is 62.5 Å². The van der Waals surface area contributed by atoms with Gasteiger partial charge in [-0.1, -0.05) is 126 Å². The monoisotopic (exact) mass is 616 g/mol. The molecule has 6 heteroatoms. The Kier molecular flexibility index (Phi) is 11.9. The van der Waals surface area contributed by atoms with Crippen LogP contribution in [-0.4, -0.2) is 35.1 Å². The topological polar surface area (TPSA) is 78.4 Å². The van der Waals surface area contributed by atoms with Gasteiger partial charge in [-0.2, -0.15) is 0 Å². The third-order valence-electron chi connectivity index (χ3n) is 8.28. The molecular formula is C40H44N2O4. The van der Waals surface area contributed by atoms with Crippen molar-refractivity contribution in [3.8, 4) is 22.5 Å². The van der Waals surface area contributed by atoms with Crippen molar-refractivity contribution in [1.82, 2.24) is 9.97 Å². The van der Waals surface area contributed by atoms with Gasteiger partial charge in [0.15, 0.2) is 0 Å². The Bertz CT molecular complexity index is 1630. The van der Waals surface area contributed by atoms with Gasteiger partial charge in [0.1, 0.15) is 0 Å². The second-order valence-electron chi connectivity index (χ2n) is 11.8. The van der Waals surface area contributed by atoms with Gasteiger partial charge in [0.05, 0.1) is 46.8 Å².